The van der Waals surface area contributed by atoms with Crippen LogP contribution >= 0.6 is 0 Å². The number of carbonyl (C=O) groups is 1. The van der Waals surface area contributed by atoms with Gasteiger partial charge >= 0.3 is 5.97 Å². The molecule has 3 nitrogen and oxygen atoms in total. The lowest BCUT2D eigenvalue weighted by Crippen LogP contribution is -2.27. The first-order valence-corrected chi connectivity index (χ1v) is 7.82. The lowest BCUT2D eigenvalue weighted by molar-refractivity contribution is -0.132. The van der Waals surface area contributed by atoms with Crippen LogP contribution in [0.3, 0.4) is 0 Å². The van der Waals surface area contributed by atoms with E-state index < -0.39 is 14.3 Å². The molecule has 0 aliphatic carbocycles. The molecule has 0 spiro atoms. The van der Waals surface area contributed by atoms with Crippen molar-refractivity contribution in [1.82, 2.24) is 0 Å². The third kappa shape index (κ3) is 11.4. The molecule has 1 N–H and O–H groups in total. The van der Waals surface area contributed by atoms with Gasteiger partial charge < -0.3 is 9.53 Å². The maximum Gasteiger partial charge on any atom is 0.330 e. The minimum Gasteiger partial charge on any atom is -0.478 e. The normalized spacial score (nSPS) is 10.1. The molecule has 0 unspecified atom stereocenters. The lowest BCUT2D eigenvalue weighted by atomic mass is 10.4. The lowest BCUT2D eigenvalue weighted by Gasteiger charge is -2.17. The highest BCUT2D eigenvalue weighted by Gasteiger charge is 2.17. The van der Waals surface area contributed by atoms with E-state index in [1.807, 2.05) is 7.11 Å². The maximum absolute atomic E-state index is 9.60. The van der Waals surface area contributed by atoms with Crippen molar-refractivity contribution in [1.29, 1.82) is 0 Å². The van der Waals surface area contributed by atoms with E-state index in [9.17, 15) is 4.79 Å². The number of carboxylic acid groups (broad SMARTS) is 1. The van der Waals surface area contributed by atoms with E-state index in [-0.39, 0.29) is 5.57 Å². The second-order valence-electron chi connectivity index (χ2n) is 3.80. The van der Waals surface area contributed by atoms with Gasteiger partial charge in [-0.15, -0.1) is 0 Å². The van der Waals surface area contributed by atoms with Gasteiger partial charge in [-0.05, 0) is 26.1 Å². The van der Waals surface area contributed by atoms with Crippen LogP contribution in [0.15, 0.2) is 12.2 Å². The smallest absolute Gasteiger partial charge is 0.330 e. The first-order valence-electron chi connectivity index (χ1n) is 4.70. The van der Waals surface area contributed by atoms with Gasteiger partial charge in [0.25, 0.3) is 0 Å². The Morgan fingerprint density at radius 2 is 1.86 bits per heavy atom. The second-order valence-corrected chi connectivity index (χ2v) is 8.23. The molecule has 0 aromatic carbocycles. The van der Waals surface area contributed by atoms with Crippen LogP contribution in [-0.2, 0) is 9.22 Å². The highest BCUT2D eigenvalue weighted by atomic mass is 28.4. The van der Waals surface area contributed by atoms with E-state index in [0.717, 1.165) is 0 Å². The summed E-state index contributed by atoms with van der Waals surface area (Å²) in [6.45, 7) is 11.3. The third-order valence-electron chi connectivity index (χ3n) is 1.77. The summed E-state index contributed by atoms with van der Waals surface area (Å²) in [5, 5.41) is 7.89. The molecule has 0 amide bonds. The van der Waals surface area contributed by atoms with Gasteiger partial charge in [-0.1, -0.05) is 19.9 Å². The predicted molar refractivity (Wildman–Crippen MR) is 62.0 cm³/mol. The van der Waals surface area contributed by atoms with Crippen LogP contribution in [-0.4, -0.2) is 26.5 Å². The summed E-state index contributed by atoms with van der Waals surface area (Å²) in [6, 6.07) is 1.28. The van der Waals surface area contributed by atoms with Crippen molar-refractivity contribution >= 4 is 14.3 Å². The molecular weight excluding hydrogens is 196 g/mol. The van der Waals surface area contributed by atoms with Crippen LogP contribution in [0.5, 0.6) is 0 Å². The average molecular weight is 218 g/mol. The number of hydrogen-bond acceptors (Lipinski definition) is 2. The van der Waals surface area contributed by atoms with E-state index in [2.05, 4.69) is 26.6 Å². The van der Waals surface area contributed by atoms with Crippen LogP contribution in [0, 0.1) is 0 Å². The zero-order chi connectivity index (χ0) is 11.8. The molecule has 0 aromatic rings. The third-order valence-corrected chi connectivity index (χ3v) is 4.58. The predicted octanol–water partition coefficient (Wildman–Crippen LogP) is 2.90. The maximum atomic E-state index is 9.60. The van der Waals surface area contributed by atoms with Gasteiger partial charge in [0, 0.05) is 12.7 Å². The van der Waals surface area contributed by atoms with Gasteiger partial charge in [-0.25, -0.2) is 4.79 Å². The molecule has 0 bridgehead atoms. The summed E-state index contributed by atoms with van der Waals surface area (Å²) in [5.74, 6) is -0.935. The van der Waals surface area contributed by atoms with Crippen molar-refractivity contribution in [2.45, 2.75) is 39.4 Å². The largest absolute Gasteiger partial charge is 0.478 e. The molecule has 0 fully saturated rings. The van der Waals surface area contributed by atoms with Crippen molar-refractivity contribution in [2.75, 3.05) is 7.11 Å². The van der Waals surface area contributed by atoms with Gasteiger partial charge in [0.05, 0.1) is 0 Å². The fourth-order valence-electron chi connectivity index (χ4n) is 0.704. The molecule has 0 saturated carbocycles. The zero-order valence-corrected chi connectivity index (χ0v) is 10.9. The Morgan fingerprint density at radius 1 is 1.50 bits per heavy atom. The van der Waals surface area contributed by atoms with Gasteiger partial charge in [0.15, 0.2) is 8.32 Å². The average Bonchev–Trinajstić information content (AvgIpc) is 2.05. The first-order chi connectivity index (χ1) is 6.26. The molecule has 14 heavy (non-hydrogen) atoms. The standard InChI is InChI=1S/C6H16OSi.C4H6O2/c1-5-6-8(3,4)7-2;1-3(2)4(5)6/h5-6H2,1-4H3;1H2,2H3,(H,5,6). The van der Waals surface area contributed by atoms with Gasteiger partial charge in [-0.2, -0.15) is 0 Å². The van der Waals surface area contributed by atoms with Crippen LogP contribution in [0.1, 0.15) is 20.3 Å². The van der Waals surface area contributed by atoms with E-state index >= 15 is 0 Å². The second kappa shape index (κ2) is 7.76. The fraction of sp³-hybridized carbons (Fsp3) is 0.700. The molecule has 0 aromatic heterocycles. The number of hydrogen-bond donors (Lipinski definition) is 1. The zero-order valence-electron chi connectivity index (χ0n) is 9.89. The highest BCUT2D eigenvalue weighted by molar-refractivity contribution is 6.71. The van der Waals surface area contributed by atoms with Gasteiger partial charge in [-0.3, -0.25) is 0 Å². The Bertz CT molecular complexity index is 176. The van der Waals surface area contributed by atoms with Crippen molar-refractivity contribution in [2.24, 2.45) is 0 Å². The molecular formula is C10H22O3Si. The number of rotatable bonds is 4. The molecule has 0 radical (unpaired) electrons. The van der Waals surface area contributed by atoms with Gasteiger partial charge in [0.2, 0.25) is 0 Å². The van der Waals surface area contributed by atoms with Crippen molar-refractivity contribution < 1.29 is 14.3 Å². The highest BCUT2D eigenvalue weighted by Crippen LogP contribution is 2.10. The quantitative estimate of drug-likeness (QED) is 0.583. The minimum absolute atomic E-state index is 0.176. The van der Waals surface area contributed by atoms with E-state index in [4.69, 9.17) is 9.53 Å². The van der Waals surface area contributed by atoms with Crippen molar-refractivity contribution in [3.8, 4) is 0 Å². The summed E-state index contributed by atoms with van der Waals surface area (Å²) < 4.78 is 5.32. The topological polar surface area (TPSA) is 46.5 Å². The number of carboxylic acids is 1. The molecule has 0 rings (SSSR count). The van der Waals surface area contributed by atoms with Crippen LogP contribution in [0.25, 0.3) is 0 Å². The Balaban J connectivity index is 0. The van der Waals surface area contributed by atoms with Crippen LogP contribution < -0.4 is 0 Å². The Labute approximate surface area is 87.9 Å². The molecule has 84 valence electrons. The summed E-state index contributed by atoms with van der Waals surface area (Å²) >= 11 is 0. The molecule has 0 aliphatic heterocycles. The molecule has 0 aliphatic rings. The Kier molecular flexibility index (Phi) is 8.78. The monoisotopic (exact) mass is 218 g/mol. The molecule has 0 heterocycles. The first kappa shape index (κ1) is 15.8. The fourth-order valence-corrected chi connectivity index (χ4v) is 2.11. The van der Waals surface area contributed by atoms with Crippen molar-refractivity contribution in [3.63, 3.8) is 0 Å². The summed E-state index contributed by atoms with van der Waals surface area (Å²) in [4.78, 5) is 9.60. The van der Waals surface area contributed by atoms with Crippen LogP contribution in [0.2, 0.25) is 19.1 Å². The number of aliphatic carboxylic acids is 1. The van der Waals surface area contributed by atoms with E-state index in [1.54, 1.807) is 0 Å². The van der Waals surface area contributed by atoms with Crippen LogP contribution in [0.4, 0.5) is 0 Å². The van der Waals surface area contributed by atoms with Crippen molar-refractivity contribution in [3.05, 3.63) is 12.2 Å². The Morgan fingerprint density at radius 3 is 1.93 bits per heavy atom. The molecule has 4 heteroatoms. The van der Waals surface area contributed by atoms with E-state index in [0.29, 0.717) is 0 Å². The SMILES string of the molecule is C=C(C)C(=O)O.CCC[Si](C)(C)OC. The molecule has 0 saturated heterocycles. The van der Waals surface area contributed by atoms with Gasteiger partial charge in [0.1, 0.15) is 0 Å². The molecule has 0 atom stereocenters. The summed E-state index contributed by atoms with van der Waals surface area (Å²) in [6.07, 6.45) is 1.26. The summed E-state index contributed by atoms with van der Waals surface area (Å²) in [5.41, 5.74) is 0.176. The summed E-state index contributed by atoms with van der Waals surface area (Å²) in [7, 11) is 0.644. The minimum atomic E-state index is -1.18. The Hall–Kier alpha value is -0.613. The van der Waals surface area contributed by atoms with E-state index in [1.165, 1.54) is 19.4 Å².